The van der Waals surface area contributed by atoms with Gasteiger partial charge in [-0.3, -0.25) is 4.79 Å². The van der Waals surface area contributed by atoms with Crippen molar-refractivity contribution in [2.24, 2.45) is 5.92 Å². The first kappa shape index (κ1) is 16.7. The summed E-state index contributed by atoms with van der Waals surface area (Å²) in [6, 6.07) is 13.1. The summed E-state index contributed by atoms with van der Waals surface area (Å²) in [5, 5.41) is 0. The second-order valence-corrected chi connectivity index (χ2v) is 6.84. The standard InChI is InChI=1S/C23H26O/c1-4-18(5-2)23(24)15-17-12-16(3)13-20(14-17)22-11-7-9-19-8-6-10-21(19)22/h6-9,11-14,18H,4-5,10,15H2,1-3H3. The molecule has 124 valence electrons. The third kappa shape index (κ3) is 3.36. The monoisotopic (exact) mass is 318 g/mol. The molecule has 0 spiro atoms. The molecule has 1 aliphatic carbocycles. The van der Waals surface area contributed by atoms with E-state index in [1.54, 1.807) is 0 Å². The van der Waals surface area contributed by atoms with Gasteiger partial charge in [-0.1, -0.05) is 68.0 Å². The van der Waals surface area contributed by atoms with E-state index in [1.165, 1.54) is 27.8 Å². The summed E-state index contributed by atoms with van der Waals surface area (Å²) in [4.78, 5) is 12.5. The largest absolute Gasteiger partial charge is 0.299 e. The van der Waals surface area contributed by atoms with Gasteiger partial charge in [-0.25, -0.2) is 0 Å². The third-order valence-electron chi connectivity index (χ3n) is 5.10. The molecule has 0 saturated heterocycles. The summed E-state index contributed by atoms with van der Waals surface area (Å²) in [6.07, 6.45) is 7.85. The quantitative estimate of drug-likeness (QED) is 0.660. The van der Waals surface area contributed by atoms with Crippen LogP contribution in [0.4, 0.5) is 0 Å². The number of carbonyl (C=O) groups is 1. The predicted molar refractivity (Wildman–Crippen MR) is 102 cm³/mol. The fraction of sp³-hybridized carbons (Fsp3) is 0.348. The summed E-state index contributed by atoms with van der Waals surface area (Å²) in [6.45, 7) is 6.33. The van der Waals surface area contributed by atoms with Crippen LogP contribution >= 0.6 is 0 Å². The Labute approximate surface area is 145 Å². The van der Waals surface area contributed by atoms with Gasteiger partial charge < -0.3 is 0 Å². The van der Waals surface area contributed by atoms with Crippen LogP contribution in [0.3, 0.4) is 0 Å². The van der Waals surface area contributed by atoms with Gasteiger partial charge in [0.25, 0.3) is 0 Å². The van der Waals surface area contributed by atoms with Crippen LogP contribution in [0.5, 0.6) is 0 Å². The van der Waals surface area contributed by atoms with Crippen LogP contribution in [0, 0.1) is 12.8 Å². The predicted octanol–water partition coefficient (Wildman–Crippen LogP) is 5.78. The van der Waals surface area contributed by atoms with Crippen LogP contribution in [0.15, 0.2) is 42.5 Å². The van der Waals surface area contributed by atoms with Gasteiger partial charge in [0.2, 0.25) is 0 Å². The number of allylic oxidation sites excluding steroid dienone is 1. The molecule has 0 aromatic heterocycles. The minimum absolute atomic E-state index is 0.194. The zero-order valence-corrected chi connectivity index (χ0v) is 14.9. The van der Waals surface area contributed by atoms with Gasteiger partial charge >= 0.3 is 0 Å². The Hall–Kier alpha value is -2.15. The van der Waals surface area contributed by atoms with Crippen LogP contribution in [-0.4, -0.2) is 5.78 Å². The fourth-order valence-corrected chi connectivity index (χ4v) is 3.77. The number of fused-ring (bicyclic) bond motifs is 1. The molecular weight excluding hydrogens is 292 g/mol. The van der Waals surface area contributed by atoms with Crippen LogP contribution < -0.4 is 0 Å². The Kier molecular flexibility index (Phi) is 4.99. The van der Waals surface area contributed by atoms with Crippen molar-refractivity contribution in [3.05, 3.63) is 64.7 Å². The SMILES string of the molecule is CCC(CC)C(=O)Cc1cc(C)cc(-c2cccc3c2CC=C3)c1. The molecule has 2 aromatic rings. The van der Waals surface area contributed by atoms with Crippen LogP contribution in [0.25, 0.3) is 17.2 Å². The summed E-state index contributed by atoms with van der Waals surface area (Å²) in [5.41, 5.74) is 7.64. The van der Waals surface area contributed by atoms with E-state index in [4.69, 9.17) is 0 Å². The van der Waals surface area contributed by atoms with E-state index in [0.717, 1.165) is 24.8 Å². The van der Waals surface area contributed by atoms with Gasteiger partial charge in [-0.05, 0) is 54.0 Å². The summed E-state index contributed by atoms with van der Waals surface area (Å²) in [7, 11) is 0. The van der Waals surface area contributed by atoms with E-state index in [0.29, 0.717) is 12.2 Å². The number of aryl methyl sites for hydroxylation is 1. The topological polar surface area (TPSA) is 17.1 Å². The van der Waals surface area contributed by atoms with Crippen LogP contribution in [-0.2, 0) is 17.6 Å². The van der Waals surface area contributed by atoms with E-state index >= 15 is 0 Å². The Morgan fingerprint density at radius 1 is 1.12 bits per heavy atom. The molecule has 0 aliphatic heterocycles. The second-order valence-electron chi connectivity index (χ2n) is 6.84. The molecule has 24 heavy (non-hydrogen) atoms. The number of rotatable bonds is 6. The first-order valence-electron chi connectivity index (χ1n) is 9.04. The Morgan fingerprint density at radius 3 is 2.67 bits per heavy atom. The maximum atomic E-state index is 12.5. The number of ketones is 1. The number of Topliss-reactive ketones (excluding diaryl/α,β-unsaturated/α-hetero) is 1. The third-order valence-corrected chi connectivity index (χ3v) is 5.10. The Bertz CT molecular complexity index is 779. The lowest BCUT2D eigenvalue weighted by Gasteiger charge is -2.14. The lowest BCUT2D eigenvalue weighted by Crippen LogP contribution is -2.15. The van der Waals surface area contributed by atoms with E-state index in [-0.39, 0.29) is 5.92 Å². The number of hydrogen-bond donors (Lipinski definition) is 0. The number of carbonyl (C=O) groups excluding carboxylic acids is 1. The molecule has 0 saturated carbocycles. The zero-order valence-electron chi connectivity index (χ0n) is 14.9. The minimum atomic E-state index is 0.194. The Morgan fingerprint density at radius 2 is 1.92 bits per heavy atom. The second kappa shape index (κ2) is 7.17. The maximum absolute atomic E-state index is 12.5. The van der Waals surface area contributed by atoms with Gasteiger partial charge in [0, 0.05) is 12.3 Å². The lowest BCUT2D eigenvalue weighted by atomic mass is 9.90. The lowest BCUT2D eigenvalue weighted by molar-refractivity contribution is -0.122. The molecule has 0 amide bonds. The average molecular weight is 318 g/mol. The number of benzene rings is 2. The molecule has 1 nitrogen and oxygen atoms in total. The van der Waals surface area contributed by atoms with Crippen molar-refractivity contribution in [3.63, 3.8) is 0 Å². The average Bonchev–Trinajstić information content (AvgIpc) is 3.04. The van der Waals surface area contributed by atoms with E-state index < -0.39 is 0 Å². The van der Waals surface area contributed by atoms with Gasteiger partial charge in [-0.2, -0.15) is 0 Å². The van der Waals surface area contributed by atoms with Gasteiger partial charge in [0.15, 0.2) is 0 Å². The molecule has 0 heterocycles. The van der Waals surface area contributed by atoms with Gasteiger partial charge in [-0.15, -0.1) is 0 Å². The molecule has 1 heteroatoms. The van der Waals surface area contributed by atoms with E-state index in [2.05, 4.69) is 69.3 Å². The summed E-state index contributed by atoms with van der Waals surface area (Å²) >= 11 is 0. The minimum Gasteiger partial charge on any atom is -0.299 e. The van der Waals surface area contributed by atoms with E-state index in [1.807, 2.05) is 0 Å². The molecule has 2 aromatic carbocycles. The van der Waals surface area contributed by atoms with Crippen molar-refractivity contribution < 1.29 is 4.79 Å². The highest BCUT2D eigenvalue weighted by atomic mass is 16.1. The fourth-order valence-electron chi connectivity index (χ4n) is 3.77. The van der Waals surface area contributed by atoms with Crippen molar-refractivity contribution >= 4 is 11.9 Å². The molecule has 0 atom stereocenters. The number of hydrogen-bond acceptors (Lipinski definition) is 1. The van der Waals surface area contributed by atoms with Gasteiger partial charge in [0.05, 0.1) is 0 Å². The molecule has 1 aliphatic rings. The smallest absolute Gasteiger partial charge is 0.140 e. The molecule has 3 rings (SSSR count). The molecule has 0 radical (unpaired) electrons. The zero-order chi connectivity index (χ0) is 17.1. The van der Waals surface area contributed by atoms with Crippen molar-refractivity contribution in [3.8, 4) is 11.1 Å². The van der Waals surface area contributed by atoms with Crippen LogP contribution in [0.2, 0.25) is 0 Å². The molecular formula is C23H26O. The normalized spacial score (nSPS) is 12.7. The van der Waals surface area contributed by atoms with Crippen molar-refractivity contribution in [1.29, 1.82) is 0 Å². The van der Waals surface area contributed by atoms with Gasteiger partial charge in [0.1, 0.15) is 5.78 Å². The highest BCUT2D eigenvalue weighted by Gasteiger charge is 2.16. The summed E-state index contributed by atoms with van der Waals surface area (Å²) < 4.78 is 0. The first-order chi connectivity index (χ1) is 11.6. The summed E-state index contributed by atoms with van der Waals surface area (Å²) in [5.74, 6) is 0.565. The Balaban J connectivity index is 1.93. The van der Waals surface area contributed by atoms with Crippen molar-refractivity contribution in [1.82, 2.24) is 0 Å². The first-order valence-corrected chi connectivity index (χ1v) is 9.04. The van der Waals surface area contributed by atoms with Crippen molar-refractivity contribution in [2.75, 3.05) is 0 Å². The molecule has 0 N–H and O–H groups in total. The van der Waals surface area contributed by atoms with E-state index in [9.17, 15) is 4.79 Å². The molecule has 0 bridgehead atoms. The molecule has 0 unspecified atom stereocenters. The van der Waals surface area contributed by atoms with Crippen LogP contribution in [0.1, 0.15) is 48.9 Å². The highest BCUT2D eigenvalue weighted by molar-refractivity contribution is 5.84. The van der Waals surface area contributed by atoms with Crippen molar-refractivity contribution in [2.45, 2.75) is 46.5 Å². The molecule has 0 fully saturated rings. The maximum Gasteiger partial charge on any atom is 0.140 e. The highest BCUT2D eigenvalue weighted by Crippen LogP contribution is 2.32.